The second-order valence-electron chi connectivity index (χ2n) is 7.77. The highest BCUT2D eigenvalue weighted by atomic mass is 16.5. The van der Waals surface area contributed by atoms with Crippen LogP contribution in [0.4, 0.5) is 0 Å². The second kappa shape index (κ2) is 9.49. The molecule has 0 aromatic heterocycles. The van der Waals surface area contributed by atoms with Gasteiger partial charge in [-0.25, -0.2) is 0 Å². The SMILES string of the molecule is O=C1CC[C@@]2(CCCN(CCOCCO)C2)CN1CCc1ccccc1. The largest absolute Gasteiger partial charge is 0.394 e. The van der Waals surface area contributed by atoms with Crippen LogP contribution in [0.5, 0.6) is 0 Å². The molecule has 2 heterocycles. The third kappa shape index (κ3) is 5.29. The van der Waals surface area contributed by atoms with E-state index in [1.54, 1.807) is 0 Å². The van der Waals surface area contributed by atoms with Crippen molar-refractivity contribution in [2.24, 2.45) is 5.41 Å². The third-order valence-electron chi connectivity index (χ3n) is 5.79. The summed E-state index contributed by atoms with van der Waals surface area (Å²) in [6.07, 6.45) is 5.05. The Kier molecular flexibility index (Phi) is 7.06. The molecular formula is C21H32N2O3. The molecule has 2 aliphatic heterocycles. The fraction of sp³-hybridized carbons (Fsp3) is 0.667. The minimum absolute atomic E-state index is 0.0857. The lowest BCUT2D eigenvalue weighted by atomic mass is 9.73. The van der Waals surface area contributed by atoms with Gasteiger partial charge in [-0.3, -0.25) is 4.79 Å². The minimum atomic E-state index is 0.0857. The topological polar surface area (TPSA) is 53.0 Å². The van der Waals surface area contributed by atoms with Gasteiger partial charge in [-0.15, -0.1) is 0 Å². The average Bonchev–Trinajstić information content (AvgIpc) is 2.67. The number of likely N-dealkylation sites (tertiary alicyclic amines) is 2. The highest BCUT2D eigenvalue weighted by Gasteiger charge is 2.41. The van der Waals surface area contributed by atoms with Gasteiger partial charge in [-0.2, -0.15) is 0 Å². The number of hydrogen-bond acceptors (Lipinski definition) is 4. The standard InChI is InChI=1S/C21H32N2O3/c24-14-16-26-15-13-22-11-4-9-21(17-22)10-7-20(25)23(18-21)12-8-19-5-2-1-3-6-19/h1-3,5-6,24H,4,7-18H2/t21-/m1/s1. The highest BCUT2D eigenvalue weighted by Crippen LogP contribution is 2.38. The number of ether oxygens (including phenoxy) is 1. The van der Waals surface area contributed by atoms with Crippen molar-refractivity contribution in [1.29, 1.82) is 0 Å². The molecule has 1 N–H and O–H groups in total. The number of aliphatic hydroxyl groups excluding tert-OH is 1. The van der Waals surface area contributed by atoms with E-state index in [4.69, 9.17) is 9.84 Å². The summed E-state index contributed by atoms with van der Waals surface area (Å²) >= 11 is 0. The molecule has 3 rings (SSSR count). The number of carbonyl (C=O) groups is 1. The van der Waals surface area contributed by atoms with Crippen LogP contribution in [0.15, 0.2) is 30.3 Å². The first-order valence-electron chi connectivity index (χ1n) is 9.93. The maximum Gasteiger partial charge on any atom is 0.222 e. The van der Waals surface area contributed by atoms with Crippen molar-refractivity contribution in [3.8, 4) is 0 Å². The quantitative estimate of drug-likeness (QED) is 0.720. The van der Waals surface area contributed by atoms with Crippen LogP contribution in [-0.4, -0.2) is 73.4 Å². The van der Waals surface area contributed by atoms with Crippen LogP contribution in [0.25, 0.3) is 0 Å². The molecule has 0 aliphatic carbocycles. The van der Waals surface area contributed by atoms with Crippen molar-refractivity contribution in [2.45, 2.75) is 32.1 Å². The molecule has 1 aromatic carbocycles. The summed E-state index contributed by atoms with van der Waals surface area (Å²) in [6.45, 7) is 5.99. The number of piperidine rings is 2. The number of rotatable bonds is 8. The van der Waals surface area contributed by atoms with Crippen molar-refractivity contribution in [2.75, 3.05) is 52.5 Å². The van der Waals surface area contributed by atoms with E-state index < -0.39 is 0 Å². The van der Waals surface area contributed by atoms with Crippen molar-refractivity contribution in [1.82, 2.24) is 9.80 Å². The zero-order valence-corrected chi connectivity index (χ0v) is 15.7. The molecule has 5 heteroatoms. The molecule has 2 fully saturated rings. The predicted octanol–water partition coefficient (Wildman–Crippen LogP) is 1.94. The Labute approximate surface area is 156 Å². The summed E-state index contributed by atoms with van der Waals surface area (Å²) in [7, 11) is 0. The molecule has 1 aromatic rings. The van der Waals surface area contributed by atoms with E-state index in [0.29, 0.717) is 25.5 Å². The first-order valence-corrected chi connectivity index (χ1v) is 9.93. The first kappa shape index (κ1) is 19.3. The molecule has 144 valence electrons. The van der Waals surface area contributed by atoms with Gasteiger partial charge in [0, 0.05) is 38.0 Å². The van der Waals surface area contributed by atoms with Crippen LogP contribution < -0.4 is 0 Å². The third-order valence-corrected chi connectivity index (χ3v) is 5.79. The molecule has 2 saturated heterocycles. The van der Waals surface area contributed by atoms with Crippen LogP contribution in [0.3, 0.4) is 0 Å². The van der Waals surface area contributed by atoms with Crippen molar-refractivity contribution < 1.29 is 14.6 Å². The number of benzene rings is 1. The van der Waals surface area contributed by atoms with E-state index in [-0.39, 0.29) is 12.0 Å². The zero-order chi connectivity index (χ0) is 18.2. The van der Waals surface area contributed by atoms with Crippen molar-refractivity contribution in [3.05, 3.63) is 35.9 Å². The Morgan fingerprint density at radius 3 is 2.73 bits per heavy atom. The van der Waals surface area contributed by atoms with E-state index in [2.05, 4.69) is 34.1 Å². The van der Waals surface area contributed by atoms with Crippen molar-refractivity contribution in [3.63, 3.8) is 0 Å². The average molecular weight is 360 g/mol. The molecule has 5 nitrogen and oxygen atoms in total. The number of carbonyl (C=O) groups excluding carboxylic acids is 1. The van der Waals surface area contributed by atoms with Crippen LogP contribution in [0, 0.1) is 5.41 Å². The van der Waals surface area contributed by atoms with E-state index in [9.17, 15) is 4.79 Å². The Morgan fingerprint density at radius 1 is 1.08 bits per heavy atom. The smallest absolute Gasteiger partial charge is 0.222 e. The number of nitrogens with zero attached hydrogens (tertiary/aromatic N) is 2. The second-order valence-corrected chi connectivity index (χ2v) is 7.77. The number of amides is 1. The molecule has 0 unspecified atom stereocenters. The van der Waals surface area contributed by atoms with E-state index in [1.165, 1.54) is 18.4 Å². The summed E-state index contributed by atoms with van der Waals surface area (Å²) in [6, 6.07) is 10.4. The van der Waals surface area contributed by atoms with Gasteiger partial charge in [-0.1, -0.05) is 30.3 Å². The van der Waals surface area contributed by atoms with Gasteiger partial charge < -0.3 is 19.6 Å². The lowest BCUT2D eigenvalue weighted by Gasteiger charge is -2.48. The predicted molar refractivity (Wildman–Crippen MR) is 102 cm³/mol. The molecule has 1 atom stereocenters. The van der Waals surface area contributed by atoms with Crippen LogP contribution in [0.2, 0.25) is 0 Å². The van der Waals surface area contributed by atoms with Gasteiger partial charge in [0.1, 0.15) is 0 Å². The molecular weight excluding hydrogens is 328 g/mol. The number of aliphatic hydroxyl groups is 1. The molecule has 0 saturated carbocycles. The Hall–Kier alpha value is -1.43. The Bertz CT molecular complexity index is 566. The van der Waals surface area contributed by atoms with Gasteiger partial charge in [-0.05, 0) is 37.8 Å². The van der Waals surface area contributed by atoms with Gasteiger partial charge in [0.05, 0.1) is 19.8 Å². The molecule has 2 aliphatic rings. The van der Waals surface area contributed by atoms with Gasteiger partial charge in [0.15, 0.2) is 0 Å². The molecule has 0 radical (unpaired) electrons. The van der Waals surface area contributed by atoms with Crippen LogP contribution in [0.1, 0.15) is 31.2 Å². The summed E-state index contributed by atoms with van der Waals surface area (Å²) in [5, 5.41) is 8.81. The molecule has 0 bridgehead atoms. The van der Waals surface area contributed by atoms with Crippen molar-refractivity contribution >= 4 is 5.91 Å². The van der Waals surface area contributed by atoms with E-state index >= 15 is 0 Å². The van der Waals surface area contributed by atoms with Gasteiger partial charge >= 0.3 is 0 Å². The van der Waals surface area contributed by atoms with Gasteiger partial charge in [0.25, 0.3) is 0 Å². The van der Waals surface area contributed by atoms with Gasteiger partial charge in [0.2, 0.25) is 5.91 Å². The van der Waals surface area contributed by atoms with Crippen LogP contribution in [-0.2, 0) is 16.0 Å². The van der Waals surface area contributed by atoms with E-state index in [0.717, 1.165) is 45.6 Å². The summed E-state index contributed by atoms with van der Waals surface area (Å²) in [5.41, 5.74) is 1.55. The maximum atomic E-state index is 12.4. The normalized spacial score (nSPS) is 24.3. The Balaban J connectivity index is 1.53. The lowest BCUT2D eigenvalue weighted by Crippen LogP contribution is -2.54. The fourth-order valence-corrected chi connectivity index (χ4v) is 4.41. The maximum absolute atomic E-state index is 12.4. The van der Waals surface area contributed by atoms with E-state index in [1.807, 2.05) is 6.07 Å². The lowest BCUT2D eigenvalue weighted by molar-refractivity contribution is -0.139. The summed E-state index contributed by atoms with van der Waals surface area (Å²) < 4.78 is 5.43. The minimum Gasteiger partial charge on any atom is -0.394 e. The highest BCUT2D eigenvalue weighted by molar-refractivity contribution is 5.77. The molecule has 1 spiro atoms. The summed E-state index contributed by atoms with van der Waals surface area (Å²) in [5.74, 6) is 0.315. The monoisotopic (exact) mass is 360 g/mol. The Morgan fingerprint density at radius 2 is 1.92 bits per heavy atom. The fourth-order valence-electron chi connectivity index (χ4n) is 4.41. The first-order chi connectivity index (χ1) is 12.7. The summed E-state index contributed by atoms with van der Waals surface area (Å²) in [4.78, 5) is 17.0. The van der Waals surface area contributed by atoms with Crippen LogP contribution >= 0.6 is 0 Å². The zero-order valence-electron chi connectivity index (χ0n) is 15.7. The number of hydrogen-bond donors (Lipinski definition) is 1. The molecule has 1 amide bonds. The molecule has 26 heavy (non-hydrogen) atoms.